The summed E-state index contributed by atoms with van der Waals surface area (Å²) in [7, 11) is 2.10. The number of rotatable bonds is 4. The molecule has 0 heterocycles. The Morgan fingerprint density at radius 3 is 2.47 bits per heavy atom. The summed E-state index contributed by atoms with van der Waals surface area (Å²) in [6, 6.07) is 8.58. The summed E-state index contributed by atoms with van der Waals surface area (Å²) < 4.78 is 5.87. The molecule has 0 unspecified atom stereocenters. The van der Waals surface area contributed by atoms with Gasteiger partial charge in [0.15, 0.2) is 0 Å². The van der Waals surface area contributed by atoms with Crippen LogP contribution in [0, 0.1) is 0 Å². The van der Waals surface area contributed by atoms with E-state index in [0.29, 0.717) is 24.7 Å². The molecule has 3 nitrogen and oxygen atoms in total. The van der Waals surface area contributed by atoms with E-state index in [1.165, 1.54) is 0 Å². The number of ketones is 1. The Bertz CT molecular complexity index is 432. The lowest BCUT2D eigenvalue weighted by Crippen LogP contribution is -2.35. The van der Waals surface area contributed by atoms with Crippen molar-refractivity contribution in [2.45, 2.75) is 51.7 Å². The summed E-state index contributed by atoms with van der Waals surface area (Å²) in [4.78, 5) is 13.6. The molecule has 0 radical (unpaired) electrons. The van der Waals surface area contributed by atoms with Crippen LogP contribution in [0.3, 0.4) is 0 Å². The van der Waals surface area contributed by atoms with Crippen LogP contribution in [-0.4, -0.2) is 25.0 Å². The summed E-state index contributed by atoms with van der Waals surface area (Å²) in [5.41, 5.74) is 1.12. The molecule has 0 N–H and O–H groups in total. The van der Waals surface area contributed by atoms with Gasteiger partial charge in [0.05, 0.1) is 11.8 Å². The number of Topliss-reactive ketones (excluding diaryl/α,β-unsaturated/α-hetero) is 1. The number of ether oxygens (including phenoxy) is 1. The zero-order chi connectivity index (χ0) is 13.8. The second-order valence-electron chi connectivity index (χ2n) is 5.52. The number of carbonyl (C=O) groups is 1. The molecule has 1 aromatic rings. The number of carbonyl (C=O) groups excluding carboxylic acids is 1. The Labute approximate surface area is 115 Å². The van der Waals surface area contributed by atoms with Crippen LogP contribution in [0.25, 0.3) is 0 Å². The van der Waals surface area contributed by atoms with Gasteiger partial charge in [-0.3, -0.25) is 4.79 Å². The normalized spacial score (nSPS) is 16.7. The van der Waals surface area contributed by atoms with Crippen LogP contribution in [0.15, 0.2) is 24.3 Å². The number of hydrogen-bond acceptors (Lipinski definition) is 3. The highest BCUT2D eigenvalue weighted by Crippen LogP contribution is 2.32. The van der Waals surface area contributed by atoms with Crippen LogP contribution in [0.2, 0.25) is 0 Å². The van der Waals surface area contributed by atoms with Crippen molar-refractivity contribution < 1.29 is 9.53 Å². The zero-order valence-corrected chi connectivity index (χ0v) is 12.1. The first-order chi connectivity index (χ1) is 9.08. The Hall–Kier alpha value is -1.51. The zero-order valence-electron chi connectivity index (χ0n) is 12.1. The van der Waals surface area contributed by atoms with Crippen molar-refractivity contribution in [2.75, 3.05) is 11.9 Å². The van der Waals surface area contributed by atoms with Crippen LogP contribution in [0.4, 0.5) is 5.69 Å². The average molecular weight is 261 g/mol. The van der Waals surface area contributed by atoms with Gasteiger partial charge < -0.3 is 9.64 Å². The third-order valence-corrected chi connectivity index (χ3v) is 3.67. The number of benzene rings is 1. The lowest BCUT2D eigenvalue weighted by atomic mass is 9.93. The van der Waals surface area contributed by atoms with E-state index < -0.39 is 0 Å². The molecule has 0 atom stereocenters. The first-order valence-corrected chi connectivity index (χ1v) is 7.08. The van der Waals surface area contributed by atoms with Crippen LogP contribution in [0.1, 0.15) is 39.5 Å². The third kappa shape index (κ3) is 3.49. The van der Waals surface area contributed by atoms with E-state index in [-0.39, 0.29) is 6.10 Å². The quantitative estimate of drug-likeness (QED) is 0.831. The molecule has 0 aliphatic heterocycles. The third-order valence-electron chi connectivity index (χ3n) is 3.67. The average Bonchev–Trinajstić information content (AvgIpc) is 2.39. The van der Waals surface area contributed by atoms with Gasteiger partial charge in [-0.1, -0.05) is 12.1 Å². The molecule has 3 heteroatoms. The minimum atomic E-state index is 0.169. The predicted molar refractivity (Wildman–Crippen MR) is 77.9 cm³/mol. The van der Waals surface area contributed by atoms with Crippen molar-refractivity contribution in [3.8, 4) is 5.75 Å². The fourth-order valence-electron chi connectivity index (χ4n) is 2.61. The van der Waals surface area contributed by atoms with E-state index in [1.807, 2.05) is 32.0 Å². The number of para-hydroxylation sites is 2. The Morgan fingerprint density at radius 2 is 1.84 bits per heavy atom. The second kappa shape index (κ2) is 6.09. The van der Waals surface area contributed by atoms with Gasteiger partial charge in [-0.2, -0.15) is 0 Å². The molecule has 104 valence electrons. The van der Waals surface area contributed by atoms with Crippen LogP contribution >= 0.6 is 0 Å². The van der Waals surface area contributed by atoms with E-state index >= 15 is 0 Å². The SMILES string of the molecule is CC(C)Oc1ccccc1N(C)C1CCC(=O)CC1. The van der Waals surface area contributed by atoms with Crippen LogP contribution in [0.5, 0.6) is 5.75 Å². The van der Waals surface area contributed by atoms with Gasteiger partial charge in [0.25, 0.3) is 0 Å². The molecule has 1 fully saturated rings. The van der Waals surface area contributed by atoms with Crippen molar-refractivity contribution in [1.29, 1.82) is 0 Å². The summed E-state index contributed by atoms with van der Waals surface area (Å²) >= 11 is 0. The number of hydrogen-bond donors (Lipinski definition) is 0. The van der Waals surface area contributed by atoms with Gasteiger partial charge in [0.2, 0.25) is 0 Å². The summed E-state index contributed by atoms with van der Waals surface area (Å²) in [5, 5.41) is 0. The summed E-state index contributed by atoms with van der Waals surface area (Å²) in [6.07, 6.45) is 3.49. The van der Waals surface area contributed by atoms with Crippen molar-refractivity contribution in [1.82, 2.24) is 0 Å². The molecule has 0 aromatic heterocycles. The van der Waals surface area contributed by atoms with E-state index in [4.69, 9.17) is 4.74 Å². The molecule has 2 rings (SSSR count). The maximum atomic E-state index is 11.3. The van der Waals surface area contributed by atoms with Gasteiger partial charge in [0.1, 0.15) is 11.5 Å². The Morgan fingerprint density at radius 1 is 1.21 bits per heavy atom. The maximum absolute atomic E-state index is 11.3. The minimum Gasteiger partial charge on any atom is -0.489 e. The topological polar surface area (TPSA) is 29.5 Å². The van der Waals surface area contributed by atoms with Gasteiger partial charge in [-0.05, 0) is 38.8 Å². The highest BCUT2D eigenvalue weighted by Gasteiger charge is 2.24. The second-order valence-corrected chi connectivity index (χ2v) is 5.52. The molecular formula is C16H23NO2. The first-order valence-electron chi connectivity index (χ1n) is 7.08. The highest BCUT2D eigenvalue weighted by molar-refractivity contribution is 5.79. The monoisotopic (exact) mass is 261 g/mol. The largest absolute Gasteiger partial charge is 0.489 e. The van der Waals surface area contributed by atoms with Gasteiger partial charge in [-0.15, -0.1) is 0 Å². The molecule has 1 aromatic carbocycles. The fraction of sp³-hybridized carbons (Fsp3) is 0.562. The molecule has 1 aliphatic rings. The van der Waals surface area contributed by atoms with Crippen LogP contribution < -0.4 is 9.64 Å². The number of nitrogens with zero attached hydrogens (tertiary/aromatic N) is 1. The Balaban J connectivity index is 2.14. The first kappa shape index (κ1) is 13.9. The summed E-state index contributed by atoms with van der Waals surface area (Å²) in [5.74, 6) is 1.33. The van der Waals surface area contributed by atoms with Crippen molar-refractivity contribution in [3.05, 3.63) is 24.3 Å². The minimum absolute atomic E-state index is 0.169. The predicted octanol–water partition coefficient (Wildman–Crippen LogP) is 3.42. The van der Waals surface area contributed by atoms with E-state index in [2.05, 4.69) is 18.0 Å². The molecule has 1 aliphatic carbocycles. The molecule has 1 saturated carbocycles. The molecular weight excluding hydrogens is 238 g/mol. The lowest BCUT2D eigenvalue weighted by molar-refractivity contribution is -0.120. The summed E-state index contributed by atoms with van der Waals surface area (Å²) in [6.45, 7) is 4.08. The number of anilines is 1. The van der Waals surface area contributed by atoms with Gasteiger partial charge in [0, 0.05) is 25.9 Å². The molecule has 19 heavy (non-hydrogen) atoms. The maximum Gasteiger partial charge on any atom is 0.142 e. The van der Waals surface area contributed by atoms with E-state index in [0.717, 1.165) is 24.3 Å². The molecule has 0 saturated heterocycles. The standard InChI is InChI=1S/C16H23NO2/c1-12(2)19-16-7-5-4-6-15(16)17(3)13-8-10-14(18)11-9-13/h4-7,12-13H,8-11H2,1-3H3. The molecule has 0 bridgehead atoms. The smallest absolute Gasteiger partial charge is 0.142 e. The van der Waals surface area contributed by atoms with E-state index in [1.54, 1.807) is 0 Å². The fourth-order valence-corrected chi connectivity index (χ4v) is 2.61. The lowest BCUT2D eigenvalue weighted by Gasteiger charge is -2.33. The van der Waals surface area contributed by atoms with E-state index in [9.17, 15) is 4.79 Å². The van der Waals surface area contributed by atoms with Crippen molar-refractivity contribution in [2.24, 2.45) is 0 Å². The van der Waals surface area contributed by atoms with Crippen molar-refractivity contribution >= 4 is 11.5 Å². The van der Waals surface area contributed by atoms with Gasteiger partial charge in [-0.25, -0.2) is 0 Å². The van der Waals surface area contributed by atoms with Gasteiger partial charge >= 0.3 is 0 Å². The molecule has 0 spiro atoms. The van der Waals surface area contributed by atoms with Crippen LogP contribution in [-0.2, 0) is 4.79 Å². The molecule has 0 amide bonds. The Kier molecular flexibility index (Phi) is 4.46. The highest BCUT2D eigenvalue weighted by atomic mass is 16.5. The van der Waals surface area contributed by atoms with Crippen molar-refractivity contribution in [3.63, 3.8) is 0 Å².